The summed E-state index contributed by atoms with van der Waals surface area (Å²) < 4.78 is 0. The molecule has 0 spiro atoms. The van der Waals surface area contributed by atoms with E-state index in [0.717, 1.165) is 93.7 Å². The Kier molecular flexibility index (Phi) is 18.5. The molecule has 6 rings (SSSR count). The van der Waals surface area contributed by atoms with Gasteiger partial charge in [-0.3, -0.25) is 0 Å². The Morgan fingerprint density at radius 1 is 0.344 bits per heavy atom. The van der Waals surface area contributed by atoms with Gasteiger partial charge in [0.2, 0.25) is 0 Å². The predicted molar refractivity (Wildman–Crippen MR) is 252 cm³/mol. The fraction of sp³-hybridized carbons (Fsp3) is 0.462. The number of unbranched alkanes of at least 4 members (excludes halogenated alkanes) is 8. The van der Waals surface area contributed by atoms with Crippen LogP contribution in [0.25, 0.3) is 56.7 Å². The highest BCUT2D eigenvalue weighted by molar-refractivity contribution is 5.70. The van der Waals surface area contributed by atoms with Gasteiger partial charge in [0.05, 0.1) is 63.9 Å². The molecule has 0 saturated heterocycles. The molecule has 0 aliphatic rings. The second-order valence-electron chi connectivity index (χ2n) is 16.7. The van der Waals surface area contributed by atoms with Crippen molar-refractivity contribution in [1.82, 2.24) is 39.9 Å². The third-order valence-corrected chi connectivity index (χ3v) is 11.7. The lowest BCUT2D eigenvalue weighted by molar-refractivity contribution is 0.158. The van der Waals surface area contributed by atoms with E-state index in [4.69, 9.17) is 39.9 Å². The van der Waals surface area contributed by atoms with Gasteiger partial charge in [-0.15, -0.1) is 0 Å². The molecule has 0 bridgehead atoms. The zero-order valence-corrected chi connectivity index (χ0v) is 38.1. The summed E-state index contributed by atoms with van der Waals surface area (Å²) in [4.78, 5) is 39.1. The van der Waals surface area contributed by atoms with E-state index in [1.165, 1.54) is 0 Å². The van der Waals surface area contributed by atoms with Crippen molar-refractivity contribution < 1.29 is 20.4 Å². The number of aliphatic hydroxyl groups excluding tert-OH is 4. The van der Waals surface area contributed by atoms with Gasteiger partial charge in [-0.1, -0.05) is 165 Å². The molecule has 12 nitrogen and oxygen atoms in total. The van der Waals surface area contributed by atoms with Crippen LogP contribution >= 0.6 is 0 Å². The average Bonchev–Trinajstić information content (AvgIpc) is 3.34. The minimum absolute atomic E-state index is 0.237. The van der Waals surface area contributed by atoms with Gasteiger partial charge in [0.15, 0.2) is 23.3 Å². The van der Waals surface area contributed by atoms with E-state index < -0.39 is 24.4 Å². The highest BCUT2D eigenvalue weighted by Gasteiger charge is 2.27. The number of hydrogen-bond acceptors (Lipinski definition) is 12. The number of hydrogen-bond donors (Lipinski definition) is 4. The molecular formula is C52H66N8O4. The molecule has 0 amide bonds. The van der Waals surface area contributed by atoms with Gasteiger partial charge in [-0.25, -0.2) is 39.9 Å². The Balaban J connectivity index is 1.48. The van der Waals surface area contributed by atoms with Crippen molar-refractivity contribution in [3.05, 3.63) is 108 Å². The van der Waals surface area contributed by atoms with Crippen molar-refractivity contribution >= 4 is 0 Å². The summed E-state index contributed by atoms with van der Waals surface area (Å²) in [6, 6.07) is 19.5. The van der Waals surface area contributed by atoms with Gasteiger partial charge in [-0.2, -0.15) is 0 Å². The predicted octanol–water partition coefficient (Wildman–Crippen LogP) is 11.6. The Labute approximate surface area is 378 Å². The maximum absolute atomic E-state index is 11.9. The summed E-state index contributed by atoms with van der Waals surface area (Å²) in [7, 11) is 0. The molecule has 4 unspecified atom stereocenters. The van der Waals surface area contributed by atoms with E-state index >= 15 is 0 Å². The van der Waals surface area contributed by atoms with Crippen molar-refractivity contribution in [3.63, 3.8) is 0 Å². The first kappa shape index (κ1) is 48.1. The van der Waals surface area contributed by atoms with Crippen LogP contribution in [0.3, 0.4) is 0 Å². The summed E-state index contributed by atoms with van der Waals surface area (Å²) >= 11 is 0. The first-order valence-corrected chi connectivity index (χ1v) is 23.6. The third kappa shape index (κ3) is 12.4. The zero-order chi connectivity index (χ0) is 45.3. The van der Waals surface area contributed by atoms with Crippen LogP contribution in [0.15, 0.2) is 85.5 Å². The van der Waals surface area contributed by atoms with E-state index in [9.17, 15) is 20.4 Å². The van der Waals surface area contributed by atoms with Crippen LogP contribution in [-0.4, -0.2) is 60.3 Å². The smallest absolute Gasteiger partial charge is 0.163 e. The monoisotopic (exact) mass is 867 g/mol. The second kappa shape index (κ2) is 24.6. The van der Waals surface area contributed by atoms with Gasteiger partial charge in [-0.05, 0) is 31.2 Å². The molecule has 0 fully saturated rings. The molecule has 4 heterocycles. The van der Waals surface area contributed by atoms with Crippen LogP contribution in [0.4, 0.5) is 0 Å². The van der Waals surface area contributed by atoms with Gasteiger partial charge in [0, 0.05) is 35.9 Å². The summed E-state index contributed by atoms with van der Waals surface area (Å²) in [5.74, 6) is 1.29. The van der Waals surface area contributed by atoms with Crippen LogP contribution in [0.5, 0.6) is 0 Å². The van der Waals surface area contributed by atoms with Crippen LogP contribution in [-0.2, 0) is 0 Å². The van der Waals surface area contributed by atoms with Crippen molar-refractivity contribution in [2.45, 2.75) is 155 Å². The lowest BCUT2D eigenvalue weighted by atomic mass is 9.98. The van der Waals surface area contributed by atoms with E-state index in [-0.39, 0.29) is 11.6 Å². The highest BCUT2D eigenvalue weighted by atomic mass is 16.3. The molecule has 0 aliphatic carbocycles. The lowest BCUT2D eigenvalue weighted by Gasteiger charge is -2.20. The Morgan fingerprint density at radius 2 is 0.625 bits per heavy atom. The minimum Gasteiger partial charge on any atom is -0.387 e. The fourth-order valence-electron chi connectivity index (χ4n) is 7.97. The highest BCUT2D eigenvalue weighted by Crippen LogP contribution is 2.37. The summed E-state index contributed by atoms with van der Waals surface area (Å²) in [5, 5.41) is 46.9. The van der Waals surface area contributed by atoms with E-state index in [0.29, 0.717) is 76.8 Å². The molecule has 4 atom stereocenters. The Hall–Kier alpha value is -5.40. The normalized spacial score (nSPS) is 13.4. The molecule has 6 aromatic rings. The maximum Gasteiger partial charge on any atom is 0.163 e. The molecule has 4 aromatic heterocycles. The Bertz CT molecular complexity index is 2350. The molecule has 2 aromatic carbocycles. The van der Waals surface area contributed by atoms with Crippen LogP contribution < -0.4 is 0 Å². The van der Waals surface area contributed by atoms with E-state index in [1.807, 2.05) is 60.7 Å². The Morgan fingerprint density at radius 3 is 0.969 bits per heavy atom. The first-order valence-electron chi connectivity index (χ1n) is 23.6. The van der Waals surface area contributed by atoms with Crippen LogP contribution in [0.2, 0.25) is 0 Å². The van der Waals surface area contributed by atoms with Crippen molar-refractivity contribution in [3.8, 4) is 56.7 Å². The lowest BCUT2D eigenvalue weighted by Crippen LogP contribution is -2.12. The topological polar surface area (TPSA) is 184 Å². The van der Waals surface area contributed by atoms with E-state index in [1.54, 1.807) is 24.8 Å². The third-order valence-electron chi connectivity index (χ3n) is 11.7. The molecule has 0 aliphatic heterocycles. The number of benzene rings is 2. The van der Waals surface area contributed by atoms with Crippen molar-refractivity contribution in [2.75, 3.05) is 0 Å². The second-order valence-corrected chi connectivity index (χ2v) is 16.7. The van der Waals surface area contributed by atoms with Gasteiger partial charge in [0.25, 0.3) is 0 Å². The van der Waals surface area contributed by atoms with Crippen LogP contribution in [0.1, 0.15) is 178 Å². The largest absolute Gasteiger partial charge is 0.387 e. The fourth-order valence-corrected chi connectivity index (χ4v) is 7.97. The SMILES string of the molecule is CCCCCC(O)c1nc(-c2cnc(-c3cnc(-c4cnc(-c5ccccc5)nc4C(O)CCCCC)nc3C(O)CCCCC)nc2C(O)CCCCC)ncc1-c1ccccc1. The van der Waals surface area contributed by atoms with Crippen molar-refractivity contribution in [1.29, 1.82) is 0 Å². The summed E-state index contributed by atoms with van der Waals surface area (Å²) in [5.41, 5.74) is 5.43. The molecule has 4 N–H and O–H groups in total. The molecule has 0 radical (unpaired) electrons. The number of aliphatic hydroxyl groups is 4. The zero-order valence-electron chi connectivity index (χ0n) is 38.1. The molecule has 338 valence electrons. The average molecular weight is 867 g/mol. The van der Waals surface area contributed by atoms with E-state index in [2.05, 4.69) is 27.7 Å². The van der Waals surface area contributed by atoms with Gasteiger partial charge >= 0.3 is 0 Å². The molecule has 12 heteroatoms. The van der Waals surface area contributed by atoms with Gasteiger partial charge in [0.1, 0.15) is 0 Å². The molecule has 0 saturated carbocycles. The number of rotatable bonds is 25. The maximum atomic E-state index is 11.9. The summed E-state index contributed by atoms with van der Waals surface area (Å²) in [6.45, 7) is 8.49. The first-order chi connectivity index (χ1) is 31.3. The summed E-state index contributed by atoms with van der Waals surface area (Å²) in [6.07, 6.45) is 16.0. The van der Waals surface area contributed by atoms with Crippen molar-refractivity contribution in [2.24, 2.45) is 0 Å². The standard InChI is InChI=1S/C52H66N8O4/c1-5-9-15-27-41(61)45-37(35-23-19-13-20-24-35)31-54-50(58-45)39-33-56-52(60-47(39)43(63)29-17-11-7-3)40-34-55-51(59-48(40)44(64)30-18-12-8-4)38-32-53-49(36-25-21-14-22-26-36)57-46(38)42(62)28-16-10-6-2/h13-14,19-26,31-34,41-44,61-64H,5-12,15-18,27-30H2,1-4H3. The number of aromatic nitrogens is 8. The molecular weight excluding hydrogens is 801 g/mol. The number of nitrogens with zero attached hydrogens (tertiary/aromatic N) is 8. The quantitative estimate of drug-likeness (QED) is 0.0400. The molecule has 64 heavy (non-hydrogen) atoms. The van der Waals surface area contributed by atoms with Gasteiger partial charge < -0.3 is 20.4 Å². The minimum atomic E-state index is -0.988. The van der Waals surface area contributed by atoms with Crippen LogP contribution in [0, 0.1) is 0 Å².